The molecule has 1 amide bonds. The number of sulfonamides is 1. The number of hydrogen-bond acceptors (Lipinski definition) is 5. The van der Waals surface area contributed by atoms with E-state index in [1.807, 2.05) is 24.3 Å². The van der Waals surface area contributed by atoms with Crippen molar-refractivity contribution in [2.24, 2.45) is 0 Å². The molecule has 5 rings (SSSR count). The summed E-state index contributed by atoms with van der Waals surface area (Å²) in [6.07, 6.45) is 1.49. The molecule has 3 aromatic carbocycles. The second-order valence-electron chi connectivity index (χ2n) is 8.95. The summed E-state index contributed by atoms with van der Waals surface area (Å²) in [6, 6.07) is 19.8. The number of nitrogens with zero attached hydrogens (tertiary/aromatic N) is 3. The maximum atomic E-state index is 13.5. The average molecular weight is 526 g/mol. The molecule has 0 atom stereocenters. The lowest BCUT2D eigenvalue weighted by Crippen LogP contribution is -2.48. The van der Waals surface area contributed by atoms with Gasteiger partial charge in [0.05, 0.1) is 12.0 Å². The third-order valence-electron chi connectivity index (χ3n) is 6.80. The van der Waals surface area contributed by atoms with Crippen molar-refractivity contribution < 1.29 is 17.9 Å². The van der Waals surface area contributed by atoms with E-state index < -0.39 is 10.0 Å². The standard InChI is InChI=1S/C27H28ClN3O4S/c1-35-24-9-7-23(8-10-24)29-14-16-30(17-15-29)36(33,34)25-11-12-26-20(19-25)5-3-13-31(26)27(32)21-4-2-6-22(28)18-21/h2,4,6-12,18-19H,3,5,13-17H2,1H3. The third kappa shape index (κ3) is 4.81. The van der Waals surface area contributed by atoms with Gasteiger partial charge in [-0.15, -0.1) is 0 Å². The van der Waals surface area contributed by atoms with Crippen LogP contribution in [0.5, 0.6) is 5.75 Å². The normalized spacial score (nSPS) is 16.5. The zero-order chi connectivity index (χ0) is 25.3. The molecule has 0 unspecified atom stereocenters. The van der Waals surface area contributed by atoms with Crippen molar-refractivity contribution in [3.05, 3.63) is 82.9 Å². The summed E-state index contributed by atoms with van der Waals surface area (Å²) in [7, 11) is -2.01. The Kier molecular flexibility index (Phi) is 6.92. The Morgan fingerprint density at radius 1 is 0.917 bits per heavy atom. The molecule has 1 saturated heterocycles. The van der Waals surface area contributed by atoms with Gasteiger partial charge in [0.1, 0.15) is 5.75 Å². The Bertz CT molecular complexity index is 1370. The predicted octanol–water partition coefficient (Wildman–Crippen LogP) is 4.45. The number of rotatable bonds is 5. The minimum atomic E-state index is -3.64. The molecule has 36 heavy (non-hydrogen) atoms. The summed E-state index contributed by atoms with van der Waals surface area (Å²) >= 11 is 6.08. The molecule has 9 heteroatoms. The zero-order valence-electron chi connectivity index (χ0n) is 20.1. The van der Waals surface area contributed by atoms with Gasteiger partial charge in [-0.3, -0.25) is 4.79 Å². The Hall–Kier alpha value is -3.07. The Morgan fingerprint density at radius 3 is 2.36 bits per heavy atom. The number of ether oxygens (including phenoxy) is 1. The van der Waals surface area contributed by atoms with Gasteiger partial charge >= 0.3 is 0 Å². The first-order valence-corrected chi connectivity index (χ1v) is 13.8. The Labute approximate surface area is 216 Å². The Morgan fingerprint density at radius 2 is 1.67 bits per heavy atom. The molecule has 2 heterocycles. The van der Waals surface area contributed by atoms with E-state index in [9.17, 15) is 13.2 Å². The van der Waals surface area contributed by atoms with Gasteiger partial charge in [0.25, 0.3) is 5.91 Å². The van der Waals surface area contributed by atoms with Crippen molar-refractivity contribution in [1.29, 1.82) is 0 Å². The van der Waals surface area contributed by atoms with E-state index in [-0.39, 0.29) is 10.8 Å². The van der Waals surface area contributed by atoms with Gasteiger partial charge in [-0.1, -0.05) is 17.7 Å². The van der Waals surface area contributed by atoms with Crippen LogP contribution in [0, 0.1) is 0 Å². The molecular weight excluding hydrogens is 498 g/mol. The van der Waals surface area contributed by atoms with Crippen LogP contribution in [0.4, 0.5) is 11.4 Å². The van der Waals surface area contributed by atoms with Crippen molar-refractivity contribution in [3.8, 4) is 5.75 Å². The van der Waals surface area contributed by atoms with E-state index in [0.29, 0.717) is 43.3 Å². The van der Waals surface area contributed by atoms with Crippen LogP contribution < -0.4 is 14.5 Å². The number of hydrogen-bond donors (Lipinski definition) is 0. The van der Waals surface area contributed by atoms with Gasteiger partial charge in [0.2, 0.25) is 10.0 Å². The number of methoxy groups -OCH3 is 1. The van der Waals surface area contributed by atoms with Crippen molar-refractivity contribution in [2.45, 2.75) is 17.7 Å². The fourth-order valence-corrected chi connectivity index (χ4v) is 6.51. The number of carbonyl (C=O) groups is 1. The fourth-order valence-electron chi connectivity index (χ4n) is 4.85. The largest absolute Gasteiger partial charge is 0.497 e. The monoisotopic (exact) mass is 525 g/mol. The average Bonchev–Trinajstić information content (AvgIpc) is 2.92. The van der Waals surface area contributed by atoms with Gasteiger partial charge in [-0.25, -0.2) is 8.42 Å². The van der Waals surface area contributed by atoms with Crippen LogP contribution in [0.25, 0.3) is 0 Å². The SMILES string of the molecule is COc1ccc(N2CCN(S(=O)(=O)c3ccc4c(c3)CCCN4C(=O)c3cccc(Cl)c3)CC2)cc1. The van der Waals surface area contributed by atoms with Crippen LogP contribution >= 0.6 is 11.6 Å². The molecule has 0 bridgehead atoms. The van der Waals surface area contributed by atoms with Crippen LogP contribution in [0.1, 0.15) is 22.3 Å². The van der Waals surface area contributed by atoms with E-state index in [4.69, 9.17) is 16.3 Å². The van der Waals surface area contributed by atoms with Gasteiger partial charge in [0, 0.05) is 54.7 Å². The lowest BCUT2D eigenvalue weighted by Gasteiger charge is -2.35. The number of aryl methyl sites for hydroxylation is 1. The molecule has 3 aromatic rings. The van der Waals surface area contributed by atoms with Gasteiger partial charge < -0.3 is 14.5 Å². The second kappa shape index (κ2) is 10.1. The van der Waals surface area contributed by atoms with Crippen molar-refractivity contribution in [2.75, 3.05) is 49.6 Å². The molecular formula is C27H28ClN3O4S. The first kappa shape index (κ1) is 24.6. The molecule has 7 nitrogen and oxygen atoms in total. The van der Waals surface area contributed by atoms with E-state index in [1.165, 1.54) is 0 Å². The summed E-state index contributed by atoms with van der Waals surface area (Å²) in [5.74, 6) is 0.656. The summed E-state index contributed by atoms with van der Waals surface area (Å²) in [6.45, 7) is 2.62. The predicted molar refractivity (Wildman–Crippen MR) is 142 cm³/mol. The molecule has 0 spiro atoms. The minimum absolute atomic E-state index is 0.135. The number of fused-ring (bicyclic) bond motifs is 1. The number of anilines is 2. The van der Waals surface area contributed by atoms with Crippen molar-refractivity contribution in [1.82, 2.24) is 4.31 Å². The van der Waals surface area contributed by atoms with E-state index in [0.717, 1.165) is 35.5 Å². The quantitative estimate of drug-likeness (QED) is 0.492. The van der Waals surface area contributed by atoms with Crippen LogP contribution in [-0.4, -0.2) is 58.5 Å². The summed E-state index contributed by atoms with van der Waals surface area (Å²) in [5, 5.41) is 0.506. The van der Waals surface area contributed by atoms with E-state index >= 15 is 0 Å². The first-order valence-electron chi connectivity index (χ1n) is 12.0. The van der Waals surface area contributed by atoms with Crippen LogP contribution in [-0.2, 0) is 16.4 Å². The van der Waals surface area contributed by atoms with Crippen molar-refractivity contribution >= 4 is 38.9 Å². The smallest absolute Gasteiger partial charge is 0.258 e. The summed E-state index contributed by atoms with van der Waals surface area (Å²) < 4.78 is 33.7. The maximum absolute atomic E-state index is 13.5. The molecule has 2 aliphatic heterocycles. The molecule has 0 aromatic heterocycles. The summed E-state index contributed by atoms with van der Waals surface area (Å²) in [4.78, 5) is 17.3. The zero-order valence-corrected chi connectivity index (χ0v) is 21.6. The molecule has 2 aliphatic rings. The number of halogens is 1. The third-order valence-corrected chi connectivity index (χ3v) is 8.93. The van der Waals surface area contributed by atoms with Crippen LogP contribution in [0.2, 0.25) is 5.02 Å². The first-order chi connectivity index (χ1) is 17.4. The van der Waals surface area contributed by atoms with Gasteiger partial charge in [0.15, 0.2) is 0 Å². The molecule has 188 valence electrons. The molecule has 0 saturated carbocycles. The maximum Gasteiger partial charge on any atom is 0.258 e. The van der Waals surface area contributed by atoms with E-state index in [1.54, 1.807) is 58.8 Å². The number of benzene rings is 3. The number of amides is 1. The Balaban J connectivity index is 1.32. The highest BCUT2D eigenvalue weighted by molar-refractivity contribution is 7.89. The lowest BCUT2D eigenvalue weighted by molar-refractivity contribution is 0.0985. The van der Waals surface area contributed by atoms with Crippen LogP contribution in [0.3, 0.4) is 0 Å². The fraction of sp³-hybridized carbons (Fsp3) is 0.296. The van der Waals surface area contributed by atoms with Crippen LogP contribution in [0.15, 0.2) is 71.6 Å². The molecule has 0 radical (unpaired) electrons. The minimum Gasteiger partial charge on any atom is -0.497 e. The highest BCUT2D eigenvalue weighted by atomic mass is 35.5. The van der Waals surface area contributed by atoms with Crippen molar-refractivity contribution in [3.63, 3.8) is 0 Å². The molecule has 1 fully saturated rings. The second-order valence-corrected chi connectivity index (χ2v) is 11.3. The van der Waals surface area contributed by atoms with Gasteiger partial charge in [-0.05, 0) is 79.1 Å². The highest BCUT2D eigenvalue weighted by Gasteiger charge is 2.31. The van der Waals surface area contributed by atoms with Gasteiger partial charge in [-0.2, -0.15) is 4.31 Å². The topological polar surface area (TPSA) is 70.2 Å². The number of piperazine rings is 1. The summed E-state index contributed by atoms with van der Waals surface area (Å²) in [5.41, 5.74) is 3.19. The molecule has 0 aliphatic carbocycles. The lowest BCUT2D eigenvalue weighted by atomic mass is 10.0. The number of carbonyl (C=O) groups excluding carboxylic acids is 1. The molecule has 0 N–H and O–H groups in total. The highest BCUT2D eigenvalue weighted by Crippen LogP contribution is 2.32. The van der Waals surface area contributed by atoms with E-state index in [2.05, 4.69) is 4.90 Å².